The van der Waals surface area contributed by atoms with Crippen LogP contribution in [0.4, 0.5) is 10.5 Å². The first kappa shape index (κ1) is 23.1. The second kappa shape index (κ2) is 10.3. The van der Waals surface area contributed by atoms with Crippen LogP contribution in [0.3, 0.4) is 0 Å². The summed E-state index contributed by atoms with van der Waals surface area (Å²) in [4.78, 5) is 31.5. The van der Waals surface area contributed by atoms with E-state index in [0.717, 1.165) is 49.3 Å². The fourth-order valence-corrected chi connectivity index (χ4v) is 5.43. The molecule has 1 saturated heterocycles. The minimum Gasteiger partial charge on any atom is -0.481 e. The van der Waals surface area contributed by atoms with E-state index in [4.69, 9.17) is 0 Å². The summed E-state index contributed by atoms with van der Waals surface area (Å²) in [6, 6.07) is 28.4. The Morgan fingerprint density at radius 1 is 0.857 bits per heavy atom. The molecule has 0 aromatic heterocycles. The van der Waals surface area contributed by atoms with Crippen LogP contribution in [-0.4, -0.2) is 52.6 Å². The van der Waals surface area contributed by atoms with E-state index >= 15 is 0 Å². The molecule has 0 radical (unpaired) electrons. The van der Waals surface area contributed by atoms with E-state index in [1.54, 1.807) is 4.90 Å². The largest absolute Gasteiger partial charge is 0.481 e. The molecule has 0 bridgehead atoms. The Morgan fingerprint density at radius 3 is 2.17 bits per heavy atom. The van der Waals surface area contributed by atoms with Crippen molar-refractivity contribution in [3.63, 3.8) is 0 Å². The molecule has 1 atom stereocenters. The third kappa shape index (κ3) is 4.93. The zero-order valence-corrected chi connectivity index (χ0v) is 19.8. The van der Waals surface area contributed by atoms with Crippen LogP contribution < -0.4 is 4.90 Å². The third-order valence-electron chi connectivity index (χ3n) is 7.12. The van der Waals surface area contributed by atoms with E-state index in [2.05, 4.69) is 47.4 Å². The van der Waals surface area contributed by atoms with Crippen LogP contribution in [0.1, 0.15) is 42.0 Å². The van der Waals surface area contributed by atoms with E-state index in [9.17, 15) is 14.7 Å². The fraction of sp³-hybridized carbons (Fsp3) is 0.310. The summed E-state index contributed by atoms with van der Waals surface area (Å²) in [6.45, 7) is 2.91. The molecule has 0 saturated carbocycles. The summed E-state index contributed by atoms with van der Waals surface area (Å²) in [7, 11) is 0. The lowest BCUT2D eigenvalue weighted by atomic mass is 9.89. The van der Waals surface area contributed by atoms with Crippen molar-refractivity contribution < 1.29 is 14.7 Å². The number of rotatable bonds is 7. The standard InChI is InChI=1S/C29H31N3O3/c33-27(34)17-20-31-26-14-8-7-13-25(26)28(23-11-5-2-6-12-23)32(29(31)35)24-15-18-30(19-16-24)21-22-9-3-1-4-10-22/h1-14,24,28H,15-21H2,(H,33,34). The predicted octanol–water partition coefficient (Wildman–Crippen LogP) is 5.16. The number of nitrogens with zero attached hydrogens (tertiary/aromatic N) is 3. The van der Waals surface area contributed by atoms with Crippen LogP contribution >= 0.6 is 0 Å². The van der Waals surface area contributed by atoms with Crippen molar-refractivity contribution in [1.29, 1.82) is 0 Å². The number of carbonyl (C=O) groups excluding carboxylic acids is 1. The highest BCUT2D eigenvalue weighted by molar-refractivity contribution is 5.96. The molecule has 1 fully saturated rings. The summed E-state index contributed by atoms with van der Waals surface area (Å²) in [5.41, 5.74) is 4.25. The number of carboxylic acid groups (broad SMARTS) is 1. The molecule has 2 aliphatic rings. The number of amides is 2. The van der Waals surface area contributed by atoms with Gasteiger partial charge in [-0.25, -0.2) is 4.79 Å². The topological polar surface area (TPSA) is 64.1 Å². The Hall–Kier alpha value is -3.64. The molecule has 2 aliphatic heterocycles. The van der Waals surface area contributed by atoms with Crippen molar-refractivity contribution in [2.75, 3.05) is 24.5 Å². The summed E-state index contributed by atoms with van der Waals surface area (Å²) in [6.07, 6.45) is 1.69. The second-order valence-electron chi connectivity index (χ2n) is 9.35. The number of hydrogen-bond acceptors (Lipinski definition) is 3. The Labute approximate surface area is 206 Å². The van der Waals surface area contributed by atoms with E-state index < -0.39 is 5.97 Å². The normalized spacial score (nSPS) is 19.0. The fourth-order valence-electron chi connectivity index (χ4n) is 5.43. The number of anilines is 1. The molecule has 2 amide bonds. The Kier molecular flexibility index (Phi) is 6.82. The Bertz CT molecular complexity index is 1160. The summed E-state index contributed by atoms with van der Waals surface area (Å²) in [5.74, 6) is -0.902. The van der Waals surface area contributed by atoms with Gasteiger partial charge in [-0.1, -0.05) is 78.9 Å². The van der Waals surface area contributed by atoms with Crippen molar-refractivity contribution in [2.45, 2.75) is 37.9 Å². The van der Waals surface area contributed by atoms with Crippen LogP contribution in [0, 0.1) is 0 Å². The first-order chi connectivity index (χ1) is 17.1. The summed E-state index contributed by atoms with van der Waals surface area (Å²) < 4.78 is 0. The third-order valence-corrected chi connectivity index (χ3v) is 7.12. The number of fused-ring (bicyclic) bond motifs is 1. The second-order valence-corrected chi connectivity index (χ2v) is 9.35. The van der Waals surface area contributed by atoms with Crippen molar-refractivity contribution in [3.8, 4) is 0 Å². The molecule has 35 heavy (non-hydrogen) atoms. The van der Waals surface area contributed by atoms with E-state index in [0.29, 0.717) is 0 Å². The summed E-state index contributed by atoms with van der Waals surface area (Å²) in [5, 5.41) is 9.32. The maximum Gasteiger partial charge on any atom is 0.325 e. The zero-order chi connectivity index (χ0) is 24.2. The number of hydrogen-bond donors (Lipinski definition) is 1. The number of benzene rings is 3. The van der Waals surface area contributed by atoms with Gasteiger partial charge in [0.05, 0.1) is 18.2 Å². The van der Waals surface area contributed by atoms with Crippen LogP contribution in [0.15, 0.2) is 84.9 Å². The number of para-hydroxylation sites is 1. The number of aliphatic carboxylic acids is 1. The lowest BCUT2D eigenvalue weighted by molar-refractivity contribution is -0.136. The number of likely N-dealkylation sites (tertiary alicyclic amines) is 1. The van der Waals surface area contributed by atoms with Gasteiger partial charge >= 0.3 is 12.0 Å². The van der Waals surface area contributed by atoms with E-state index in [-0.39, 0.29) is 31.1 Å². The number of piperidine rings is 1. The zero-order valence-electron chi connectivity index (χ0n) is 19.8. The van der Waals surface area contributed by atoms with Crippen molar-refractivity contribution in [1.82, 2.24) is 9.80 Å². The highest BCUT2D eigenvalue weighted by atomic mass is 16.4. The Morgan fingerprint density at radius 2 is 1.49 bits per heavy atom. The maximum atomic E-state index is 14.0. The molecule has 0 aliphatic carbocycles. The quantitative estimate of drug-likeness (QED) is 0.519. The average Bonchev–Trinajstić information content (AvgIpc) is 2.89. The van der Waals surface area contributed by atoms with Gasteiger partial charge in [0, 0.05) is 37.8 Å². The first-order valence-electron chi connectivity index (χ1n) is 12.3. The van der Waals surface area contributed by atoms with Gasteiger partial charge in [0.1, 0.15) is 0 Å². The highest BCUT2D eigenvalue weighted by Gasteiger charge is 2.42. The number of carbonyl (C=O) groups is 2. The molecule has 6 nitrogen and oxygen atoms in total. The summed E-state index contributed by atoms with van der Waals surface area (Å²) >= 11 is 0. The Balaban J connectivity index is 1.44. The van der Waals surface area contributed by atoms with E-state index in [1.807, 2.05) is 47.4 Å². The predicted molar refractivity (Wildman–Crippen MR) is 136 cm³/mol. The lowest BCUT2D eigenvalue weighted by Crippen LogP contribution is -2.56. The molecule has 2 heterocycles. The van der Waals surface area contributed by atoms with Gasteiger partial charge < -0.3 is 10.0 Å². The van der Waals surface area contributed by atoms with Gasteiger partial charge in [0.15, 0.2) is 0 Å². The molecule has 1 N–H and O–H groups in total. The van der Waals surface area contributed by atoms with Crippen LogP contribution in [0.2, 0.25) is 0 Å². The van der Waals surface area contributed by atoms with Gasteiger partial charge in [0.25, 0.3) is 0 Å². The molecular formula is C29H31N3O3. The van der Waals surface area contributed by atoms with Gasteiger partial charge in [-0.05, 0) is 30.0 Å². The lowest BCUT2D eigenvalue weighted by Gasteiger charge is -2.48. The average molecular weight is 470 g/mol. The van der Waals surface area contributed by atoms with Crippen molar-refractivity contribution in [3.05, 3.63) is 102 Å². The smallest absolute Gasteiger partial charge is 0.325 e. The molecule has 3 aromatic carbocycles. The van der Waals surface area contributed by atoms with Gasteiger partial charge in [0.2, 0.25) is 0 Å². The van der Waals surface area contributed by atoms with Crippen molar-refractivity contribution >= 4 is 17.7 Å². The van der Waals surface area contributed by atoms with Crippen LogP contribution in [0.25, 0.3) is 0 Å². The first-order valence-corrected chi connectivity index (χ1v) is 12.3. The van der Waals surface area contributed by atoms with Gasteiger partial charge in [-0.15, -0.1) is 0 Å². The number of carboxylic acids is 1. The molecule has 1 unspecified atom stereocenters. The molecule has 0 spiro atoms. The molecular weight excluding hydrogens is 438 g/mol. The minimum absolute atomic E-state index is 0.0837. The van der Waals surface area contributed by atoms with Crippen molar-refractivity contribution in [2.24, 2.45) is 0 Å². The maximum absolute atomic E-state index is 14.0. The molecule has 3 aromatic rings. The van der Waals surface area contributed by atoms with Crippen LogP contribution in [-0.2, 0) is 11.3 Å². The number of urea groups is 1. The monoisotopic (exact) mass is 469 g/mol. The van der Waals surface area contributed by atoms with Crippen LogP contribution in [0.5, 0.6) is 0 Å². The molecule has 180 valence electrons. The van der Waals surface area contributed by atoms with E-state index in [1.165, 1.54) is 5.56 Å². The molecule has 5 rings (SSSR count). The minimum atomic E-state index is -0.902. The highest BCUT2D eigenvalue weighted by Crippen LogP contribution is 2.43. The SMILES string of the molecule is O=C(O)CCN1C(=O)N(C2CCN(Cc3ccccc3)CC2)C(c2ccccc2)c2ccccc21. The molecule has 6 heteroatoms. The van der Waals surface area contributed by atoms with Gasteiger partial charge in [-0.3, -0.25) is 14.6 Å². The van der Waals surface area contributed by atoms with Gasteiger partial charge in [-0.2, -0.15) is 0 Å².